The monoisotopic (exact) mass is 434 g/mol. The molecule has 166 valence electrons. The van der Waals surface area contributed by atoms with Crippen LogP contribution in [0.4, 0.5) is 11.4 Å². The summed E-state index contributed by atoms with van der Waals surface area (Å²) >= 11 is 0. The van der Waals surface area contributed by atoms with Gasteiger partial charge in [0.25, 0.3) is 5.56 Å². The minimum atomic E-state index is -0.551. The first kappa shape index (κ1) is 22.7. The van der Waals surface area contributed by atoms with Gasteiger partial charge < -0.3 is 15.4 Å². The highest BCUT2D eigenvalue weighted by Crippen LogP contribution is 2.19. The van der Waals surface area contributed by atoms with E-state index in [0.717, 1.165) is 15.8 Å². The van der Waals surface area contributed by atoms with Gasteiger partial charge in [-0.3, -0.25) is 14.4 Å². The molecule has 32 heavy (non-hydrogen) atoms. The van der Waals surface area contributed by atoms with Crippen molar-refractivity contribution in [1.82, 2.24) is 9.78 Å². The number of amides is 2. The van der Waals surface area contributed by atoms with Crippen molar-refractivity contribution in [1.29, 1.82) is 0 Å². The molecule has 2 amide bonds. The lowest BCUT2D eigenvalue weighted by molar-refractivity contribution is -0.117. The fourth-order valence-electron chi connectivity index (χ4n) is 2.98. The first-order chi connectivity index (χ1) is 15.4. The number of hydrogen-bond donors (Lipinski definition) is 2. The van der Waals surface area contributed by atoms with Crippen molar-refractivity contribution >= 4 is 23.2 Å². The molecule has 0 aliphatic carbocycles. The van der Waals surface area contributed by atoms with Gasteiger partial charge >= 0.3 is 0 Å². The second-order valence-electron chi connectivity index (χ2n) is 7.18. The maximum absolute atomic E-state index is 12.9. The van der Waals surface area contributed by atoms with Crippen LogP contribution >= 0.6 is 0 Å². The molecule has 0 aliphatic rings. The number of benzene rings is 2. The van der Waals surface area contributed by atoms with E-state index in [0.29, 0.717) is 23.7 Å². The number of rotatable bonds is 8. The van der Waals surface area contributed by atoms with Crippen LogP contribution in [0, 0.1) is 6.92 Å². The van der Waals surface area contributed by atoms with Crippen LogP contribution in [0.3, 0.4) is 0 Å². The van der Waals surface area contributed by atoms with Gasteiger partial charge in [0.05, 0.1) is 12.3 Å². The van der Waals surface area contributed by atoms with Crippen LogP contribution in [-0.2, 0) is 16.1 Å². The maximum Gasteiger partial charge on any atom is 0.291 e. The molecule has 0 aliphatic heterocycles. The van der Waals surface area contributed by atoms with E-state index in [1.807, 2.05) is 38.1 Å². The van der Waals surface area contributed by atoms with Gasteiger partial charge in [0.15, 0.2) is 0 Å². The smallest absolute Gasteiger partial charge is 0.291 e. The van der Waals surface area contributed by atoms with E-state index < -0.39 is 11.5 Å². The molecule has 0 saturated heterocycles. The van der Waals surface area contributed by atoms with Gasteiger partial charge in [-0.05, 0) is 44.2 Å². The summed E-state index contributed by atoms with van der Waals surface area (Å²) < 4.78 is 6.45. The normalized spacial score (nSPS) is 10.5. The van der Waals surface area contributed by atoms with E-state index in [4.69, 9.17) is 4.74 Å². The van der Waals surface area contributed by atoms with Crippen LogP contribution in [0.5, 0.6) is 5.75 Å². The van der Waals surface area contributed by atoms with Crippen molar-refractivity contribution in [3.8, 4) is 17.0 Å². The van der Waals surface area contributed by atoms with Crippen molar-refractivity contribution in [3.05, 3.63) is 70.5 Å². The zero-order valence-corrected chi connectivity index (χ0v) is 18.3. The SMILES string of the molecule is CCOc1ccc(NC(=O)Cn2nc(-c3ccc(C)cc3)cc(NC(=O)CC)c2=O)cc1. The average molecular weight is 434 g/mol. The third kappa shape index (κ3) is 5.81. The van der Waals surface area contributed by atoms with Gasteiger partial charge in [-0.25, -0.2) is 4.68 Å². The predicted molar refractivity (Wildman–Crippen MR) is 124 cm³/mol. The lowest BCUT2D eigenvalue weighted by atomic mass is 10.1. The van der Waals surface area contributed by atoms with Gasteiger partial charge in [0.1, 0.15) is 18.0 Å². The van der Waals surface area contributed by atoms with Crippen LogP contribution in [0.2, 0.25) is 0 Å². The summed E-state index contributed by atoms with van der Waals surface area (Å²) in [6.45, 7) is 5.80. The average Bonchev–Trinajstić information content (AvgIpc) is 2.78. The molecule has 0 unspecified atom stereocenters. The predicted octanol–water partition coefficient (Wildman–Crippen LogP) is 3.60. The van der Waals surface area contributed by atoms with Gasteiger partial charge in [0, 0.05) is 17.7 Å². The molecule has 0 fully saturated rings. The largest absolute Gasteiger partial charge is 0.494 e. The highest BCUT2D eigenvalue weighted by molar-refractivity contribution is 5.92. The Labute approximate surface area is 186 Å². The van der Waals surface area contributed by atoms with E-state index in [-0.39, 0.29) is 24.6 Å². The van der Waals surface area contributed by atoms with Crippen molar-refractivity contribution in [2.24, 2.45) is 0 Å². The minimum Gasteiger partial charge on any atom is -0.494 e. The van der Waals surface area contributed by atoms with Crippen molar-refractivity contribution in [2.45, 2.75) is 33.7 Å². The molecule has 1 heterocycles. The van der Waals surface area contributed by atoms with E-state index >= 15 is 0 Å². The number of carbonyl (C=O) groups excluding carboxylic acids is 2. The third-order valence-electron chi connectivity index (χ3n) is 4.66. The Morgan fingerprint density at radius 3 is 2.28 bits per heavy atom. The van der Waals surface area contributed by atoms with Gasteiger partial charge in [0.2, 0.25) is 11.8 Å². The van der Waals surface area contributed by atoms with Crippen LogP contribution in [0.25, 0.3) is 11.3 Å². The molecule has 0 spiro atoms. The Morgan fingerprint density at radius 2 is 1.66 bits per heavy atom. The molecule has 3 aromatic rings. The van der Waals surface area contributed by atoms with Gasteiger partial charge in [-0.15, -0.1) is 0 Å². The summed E-state index contributed by atoms with van der Waals surface area (Å²) in [6.07, 6.45) is 0.222. The fraction of sp³-hybridized carbons (Fsp3) is 0.250. The van der Waals surface area contributed by atoms with E-state index in [9.17, 15) is 14.4 Å². The maximum atomic E-state index is 12.9. The number of aryl methyl sites for hydroxylation is 1. The Morgan fingerprint density at radius 1 is 0.969 bits per heavy atom. The summed E-state index contributed by atoms with van der Waals surface area (Å²) in [5, 5.41) is 9.71. The summed E-state index contributed by atoms with van der Waals surface area (Å²) in [5.41, 5.74) is 2.42. The van der Waals surface area contributed by atoms with Crippen LogP contribution < -0.4 is 20.9 Å². The number of nitrogens with zero attached hydrogens (tertiary/aromatic N) is 2. The number of anilines is 2. The quantitative estimate of drug-likeness (QED) is 0.564. The zero-order chi connectivity index (χ0) is 23.1. The van der Waals surface area contributed by atoms with Crippen LogP contribution in [-0.4, -0.2) is 28.2 Å². The molecular formula is C24H26N4O4. The van der Waals surface area contributed by atoms with Gasteiger partial charge in [-0.2, -0.15) is 5.10 Å². The molecule has 2 aromatic carbocycles. The number of carbonyl (C=O) groups is 2. The van der Waals surface area contributed by atoms with E-state index in [1.54, 1.807) is 31.2 Å². The number of hydrogen-bond acceptors (Lipinski definition) is 5. The molecule has 8 heteroatoms. The van der Waals surface area contributed by atoms with E-state index in [2.05, 4.69) is 15.7 Å². The molecule has 8 nitrogen and oxygen atoms in total. The van der Waals surface area contributed by atoms with Crippen molar-refractivity contribution in [3.63, 3.8) is 0 Å². The van der Waals surface area contributed by atoms with Crippen LogP contribution in [0.15, 0.2) is 59.4 Å². The number of aromatic nitrogens is 2. The van der Waals surface area contributed by atoms with Crippen LogP contribution in [0.1, 0.15) is 25.8 Å². The molecule has 0 bridgehead atoms. The van der Waals surface area contributed by atoms with Crippen molar-refractivity contribution < 1.29 is 14.3 Å². The molecule has 2 N–H and O–H groups in total. The standard InChI is InChI=1S/C24H26N4O4/c1-4-22(29)26-21-14-20(17-8-6-16(3)7-9-17)27-28(24(21)31)15-23(30)25-18-10-12-19(13-11-18)32-5-2/h6-14H,4-5,15H2,1-3H3,(H,25,30)(H,26,29). The number of nitrogens with one attached hydrogen (secondary N) is 2. The highest BCUT2D eigenvalue weighted by Gasteiger charge is 2.14. The summed E-state index contributed by atoms with van der Waals surface area (Å²) in [6, 6.07) is 16.1. The molecular weight excluding hydrogens is 408 g/mol. The van der Waals surface area contributed by atoms with Gasteiger partial charge in [-0.1, -0.05) is 36.8 Å². The second-order valence-corrected chi connectivity index (χ2v) is 7.18. The topological polar surface area (TPSA) is 102 Å². The Bertz CT molecular complexity index is 1150. The summed E-state index contributed by atoms with van der Waals surface area (Å²) in [7, 11) is 0. The summed E-state index contributed by atoms with van der Waals surface area (Å²) in [4.78, 5) is 37.4. The highest BCUT2D eigenvalue weighted by atomic mass is 16.5. The Hall–Kier alpha value is -3.94. The number of ether oxygens (including phenoxy) is 1. The molecule has 3 rings (SSSR count). The Balaban J connectivity index is 1.87. The third-order valence-corrected chi connectivity index (χ3v) is 4.66. The lowest BCUT2D eigenvalue weighted by Crippen LogP contribution is -2.32. The fourth-order valence-corrected chi connectivity index (χ4v) is 2.98. The zero-order valence-electron chi connectivity index (χ0n) is 18.3. The summed E-state index contributed by atoms with van der Waals surface area (Å²) in [5.74, 6) is -0.0170. The molecule has 0 radical (unpaired) electrons. The molecule has 0 saturated carbocycles. The Kier molecular flexibility index (Phi) is 7.38. The minimum absolute atomic E-state index is 0.0799. The first-order valence-electron chi connectivity index (χ1n) is 10.4. The molecule has 0 atom stereocenters. The van der Waals surface area contributed by atoms with E-state index in [1.165, 1.54) is 6.07 Å². The van der Waals surface area contributed by atoms with Crippen molar-refractivity contribution in [2.75, 3.05) is 17.2 Å². The second kappa shape index (κ2) is 10.4. The molecule has 1 aromatic heterocycles. The lowest BCUT2D eigenvalue weighted by Gasteiger charge is -2.12. The first-order valence-corrected chi connectivity index (χ1v) is 10.4.